The first kappa shape index (κ1) is 34.3. The first-order chi connectivity index (χ1) is 20.2. The molecule has 42 heavy (non-hydrogen) atoms. The van der Waals surface area contributed by atoms with Gasteiger partial charge < -0.3 is 0 Å². The molecule has 0 spiro atoms. The van der Waals surface area contributed by atoms with Gasteiger partial charge in [0, 0.05) is 9.52 Å². The van der Waals surface area contributed by atoms with Gasteiger partial charge in [0.2, 0.25) is 0 Å². The van der Waals surface area contributed by atoms with E-state index < -0.39 is 20.8 Å². The van der Waals surface area contributed by atoms with E-state index in [9.17, 15) is 0 Å². The van der Waals surface area contributed by atoms with Crippen LogP contribution >= 0.6 is 17.0 Å². The second-order valence-corrected chi connectivity index (χ2v) is 15.5. The Balaban J connectivity index is 0.000000195. The second-order valence-electron chi connectivity index (χ2n) is 10.8. The summed E-state index contributed by atoms with van der Waals surface area (Å²) >= 11 is -0.826. The number of benzene rings is 4. The van der Waals surface area contributed by atoms with Gasteiger partial charge in [-0.2, -0.15) is 12.1 Å². The molecule has 0 heterocycles. The number of fused-ring (bicyclic) bond motifs is 2. The van der Waals surface area contributed by atoms with Crippen LogP contribution in [0.25, 0.3) is 43.8 Å². The molecule has 214 valence electrons. The van der Waals surface area contributed by atoms with Gasteiger partial charge in [-0.3, -0.25) is 0 Å². The van der Waals surface area contributed by atoms with Crippen molar-refractivity contribution in [1.29, 1.82) is 0 Å². The molecule has 0 aliphatic heterocycles. The zero-order valence-electron chi connectivity index (χ0n) is 25.7. The Hall–Kier alpha value is -2.22. The summed E-state index contributed by atoms with van der Waals surface area (Å²) in [6.07, 6.45) is 0. The quantitative estimate of drug-likeness (QED) is 0.128. The van der Waals surface area contributed by atoms with E-state index in [1.165, 1.54) is 66.1 Å². The Bertz CT molecular complexity index is 1680. The molecule has 0 aliphatic carbocycles. The van der Waals surface area contributed by atoms with E-state index >= 15 is 0 Å². The van der Waals surface area contributed by atoms with Crippen LogP contribution in [0.5, 0.6) is 0 Å². The van der Waals surface area contributed by atoms with Gasteiger partial charge in [-0.25, -0.2) is 0 Å². The standard InChI is InChI=1S/C19H19.C17H15.C2H6Si.2ClH.Zr/c1-13(2)16-11-15-8-6-10-18(19(15)12-16)17-9-5-4-7-14(17)3;1-12-10-16-13(2)8-9-15(17(16)11-12)14-6-4-3-5-7-14;1-3-2;;;/h4-13H,1-3H3;3-11H,1-2H3;1-2H3;2*1H;/q2*-1;;;;+4/p-2. The molecule has 0 aliphatic rings. The maximum atomic E-state index is 4.93. The van der Waals surface area contributed by atoms with Crippen LogP contribution in [0.1, 0.15) is 42.0 Å². The summed E-state index contributed by atoms with van der Waals surface area (Å²) in [7, 11) is 11.0. The van der Waals surface area contributed by atoms with Crippen LogP contribution in [0.15, 0.2) is 109 Å². The summed E-state index contributed by atoms with van der Waals surface area (Å²) in [4.78, 5) is 0. The summed E-state index contributed by atoms with van der Waals surface area (Å²) < 4.78 is 0. The summed E-state index contributed by atoms with van der Waals surface area (Å²) in [5.41, 5.74) is 10.8. The fourth-order valence-electron chi connectivity index (χ4n) is 5.16. The number of halogens is 2. The van der Waals surface area contributed by atoms with Gasteiger partial charge in [-0.1, -0.05) is 119 Å². The molecule has 0 saturated heterocycles. The van der Waals surface area contributed by atoms with Crippen molar-refractivity contribution in [3.8, 4) is 22.3 Å². The first-order valence-electron chi connectivity index (χ1n) is 14.3. The molecule has 0 amide bonds. The van der Waals surface area contributed by atoms with Crippen molar-refractivity contribution in [1.82, 2.24) is 0 Å². The van der Waals surface area contributed by atoms with E-state index in [4.69, 9.17) is 17.0 Å². The predicted octanol–water partition coefficient (Wildman–Crippen LogP) is 12.7. The third-order valence-electron chi connectivity index (χ3n) is 7.21. The Morgan fingerprint density at radius 1 is 0.643 bits per heavy atom. The molecule has 0 unspecified atom stereocenters. The monoisotopic (exact) mass is 684 g/mol. The second kappa shape index (κ2) is 17.2. The van der Waals surface area contributed by atoms with Crippen LogP contribution in [0.2, 0.25) is 13.1 Å². The van der Waals surface area contributed by atoms with Gasteiger partial charge in [0.1, 0.15) is 0 Å². The van der Waals surface area contributed by atoms with Gasteiger partial charge in [0.05, 0.1) is 0 Å². The molecule has 6 aromatic rings. The summed E-state index contributed by atoms with van der Waals surface area (Å²) in [6, 6.07) is 39.5. The number of hydrogen-bond donors (Lipinski definition) is 0. The molecule has 6 rings (SSSR count). The van der Waals surface area contributed by atoms with E-state index in [0.29, 0.717) is 5.92 Å². The molecular formula is C38H40Cl2SiZr. The van der Waals surface area contributed by atoms with Crippen molar-refractivity contribution in [3.63, 3.8) is 0 Å². The fraction of sp³-hybridized carbons (Fsp3) is 0.211. The van der Waals surface area contributed by atoms with Crippen LogP contribution in [-0.2, 0) is 20.8 Å². The first-order valence-corrected chi connectivity index (χ1v) is 22.6. The van der Waals surface area contributed by atoms with Crippen LogP contribution in [-0.4, -0.2) is 9.52 Å². The van der Waals surface area contributed by atoms with Gasteiger partial charge >= 0.3 is 37.9 Å². The normalized spacial score (nSPS) is 10.2. The van der Waals surface area contributed by atoms with Crippen molar-refractivity contribution in [2.45, 2.75) is 53.6 Å². The van der Waals surface area contributed by atoms with Crippen molar-refractivity contribution in [2.24, 2.45) is 0 Å². The Labute approximate surface area is 274 Å². The molecule has 0 aromatic heterocycles. The van der Waals surface area contributed by atoms with Crippen molar-refractivity contribution in [3.05, 3.63) is 131 Å². The van der Waals surface area contributed by atoms with Crippen LogP contribution < -0.4 is 0 Å². The number of hydrogen-bond acceptors (Lipinski definition) is 0. The Kier molecular flexibility index (Phi) is 14.0. The molecule has 2 radical (unpaired) electrons. The molecule has 0 nitrogen and oxygen atoms in total. The van der Waals surface area contributed by atoms with E-state index in [2.05, 4.69) is 157 Å². The zero-order chi connectivity index (χ0) is 30.6. The molecule has 0 saturated carbocycles. The summed E-state index contributed by atoms with van der Waals surface area (Å²) in [5.74, 6) is 0.581. The Morgan fingerprint density at radius 2 is 1.26 bits per heavy atom. The molecule has 0 N–H and O–H groups in total. The minimum atomic E-state index is -0.826. The van der Waals surface area contributed by atoms with Crippen LogP contribution in [0, 0.1) is 20.8 Å². The predicted molar refractivity (Wildman–Crippen MR) is 187 cm³/mol. The fourth-order valence-corrected chi connectivity index (χ4v) is 5.16. The number of rotatable bonds is 3. The van der Waals surface area contributed by atoms with Crippen molar-refractivity contribution < 1.29 is 20.8 Å². The Morgan fingerprint density at radius 3 is 1.90 bits per heavy atom. The molecule has 6 aromatic carbocycles. The maximum absolute atomic E-state index is 4.93. The average Bonchev–Trinajstić information content (AvgIpc) is 3.60. The van der Waals surface area contributed by atoms with E-state index in [-0.39, 0.29) is 0 Å². The van der Waals surface area contributed by atoms with Crippen LogP contribution in [0.4, 0.5) is 0 Å². The SMILES string of the molecule is C[Si]C.Cc1cc2c(-c3ccccc3)ccc(C)c2[cH-]1.Cc1ccccc1-c1cccc2[cH-]c(C(C)C)cc12.[Cl][Zr+2][Cl]. The molecule has 0 bridgehead atoms. The number of aryl methyl sites for hydroxylation is 3. The minimum absolute atomic E-state index is 0.581. The summed E-state index contributed by atoms with van der Waals surface area (Å²) in [6.45, 7) is 15.3. The third-order valence-corrected chi connectivity index (χ3v) is 7.21. The molecule has 0 fully saturated rings. The molecule has 4 heteroatoms. The summed E-state index contributed by atoms with van der Waals surface area (Å²) in [5, 5.41) is 5.47. The van der Waals surface area contributed by atoms with E-state index in [1.807, 2.05) is 0 Å². The topological polar surface area (TPSA) is 0 Å². The van der Waals surface area contributed by atoms with E-state index in [1.54, 1.807) is 0 Å². The average molecular weight is 687 g/mol. The molecule has 0 atom stereocenters. The van der Waals surface area contributed by atoms with Gasteiger partial charge in [0.15, 0.2) is 0 Å². The van der Waals surface area contributed by atoms with E-state index in [0.717, 1.165) is 9.52 Å². The van der Waals surface area contributed by atoms with Gasteiger partial charge in [-0.15, -0.1) is 68.6 Å². The van der Waals surface area contributed by atoms with Crippen molar-refractivity contribution >= 4 is 48.1 Å². The van der Waals surface area contributed by atoms with Gasteiger partial charge in [-0.05, 0) is 29.5 Å². The zero-order valence-corrected chi connectivity index (χ0v) is 30.7. The van der Waals surface area contributed by atoms with Crippen molar-refractivity contribution in [2.75, 3.05) is 0 Å². The third kappa shape index (κ3) is 8.90. The van der Waals surface area contributed by atoms with Crippen LogP contribution in [0.3, 0.4) is 0 Å². The molecular weight excluding hydrogens is 647 g/mol. The van der Waals surface area contributed by atoms with Gasteiger partial charge in [0.25, 0.3) is 0 Å².